The van der Waals surface area contributed by atoms with Gasteiger partial charge >= 0.3 is 0 Å². The van der Waals surface area contributed by atoms with Gasteiger partial charge in [0.25, 0.3) is 0 Å². The Labute approximate surface area is 147 Å². The van der Waals surface area contributed by atoms with Crippen molar-refractivity contribution in [2.75, 3.05) is 18.1 Å². The Kier molecular flexibility index (Phi) is 3.86. The minimum absolute atomic E-state index is 0.0105. The van der Waals surface area contributed by atoms with Gasteiger partial charge in [-0.1, -0.05) is 12.1 Å². The SMILES string of the molecule is Cc1nc2ccccc2n1CCNC(=O)C1CC12CCS(=O)(=O)CC2. The van der Waals surface area contributed by atoms with Crippen LogP contribution in [0.25, 0.3) is 11.0 Å². The fourth-order valence-electron chi connectivity index (χ4n) is 4.11. The number of benzene rings is 1. The van der Waals surface area contributed by atoms with Crippen LogP contribution in [0.2, 0.25) is 0 Å². The highest BCUT2D eigenvalue weighted by Crippen LogP contribution is 2.59. The van der Waals surface area contributed by atoms with Crippen LogP contribution < -0.4 is 5.32 Å². The van der Waals surface area contributed by atoms with E-state index in [1.807, 2.05) is 31.2 Å². The van der Waals surface area contributed by atoms with Crippen LogP contribution in [0.4, 0.5) is 0 Å². The summed E-state index contributed by atoms with van der Waals surface area (Å²) >= 11 is 0. The van der Waals surface area contributed by atoms with E-state index in [-0.39, 0.29) is 28.7 Å². The fraction of sp³-hybridized carbons (Fsp3) is 0.556. The lowest BCUT2D eigenvalue weighted by Gasteiger charge is -2.22. The molecule has 1 atom stereocenters. The Morgan fingerprint density at radius 3 is 2.80 bits per heavy atom. The Bertz CT molecular complexity index is 918. The Hall–Kier alpha value is -1.89. The average molecular weight is 361 g/mol. The first kappa shape index (κ1) is 16.6. The van der Waals surface area contributed by atoms with Gasteiger partial charge < -0.3 is 9.88 Å². The second-order valence-electron chi connectivity index (χ2n) is 7.36. The highest BCUT2D eigenvalue weighted by Gasteiger charge is 2.59. The second-order valence-corrected chi connectivity index (χ2v) is 9.66. The maximum absolute atomic E-state index is 12.4. The average Bonchev–Trinajstić information content (AvgIpc) is 3.21. The molecule has 2 heterocycles. The number of hydrogen-bond donors (Lipinski definition) is 1. The fourth-order valence-corrected chi connectivity index (χ4v) is 5.75. The maximum atomic E-state index is 12.4. The lowest BCUT2D eigenvalue weighted by Crippen LogP contribution is -2.33. The van der Waals surface area contributed by atoms with Gasteiger partial charge in [0, 0.05) is 19.0 Å². The molecule has 7 heteroatoms. The normalized spacial score (nSPS) is 23.6. The lowest BCUT2D eigenvalue weighted by molar-refractivity contribution is -0.123. The zero-order valence-corrected chi connectivity index (χ0v) is 15.2. The molecule has 1 spiro atoms. The number of hydrogen-bond acceptors (Lipinski definition) is 4. The van der Waals surface area contributed by atoms with Crippen LogP contribution in [0.5, 0.6) is 0 Å². The van der Waals surface area contributed by atoms with Crippen molar-refractivity contribution in [2.45, 2.75) is 32.7 Å². The quantitative estimate of drug-likeness (QED) is 0.898. The molecular weight excluding hydrogens is 338 g/mol. The topological polar surface area (TPSA) is 81.1 Å². The van der Waals surface area contributed by atoms with E-state index in [2.05, 4.69) is 14.9 Å². The van der Waals surface area contributed by atoms with Crippen molar-refractivity contribution in [1.29, 1.82) is 0 Å². The summed E-state index contributed by atoms with van der Waals surface area (Å²) in [4.78, 5) is 17.0. The summed E-state index contributed by atoms with van der Waals surface area (Å²) in [6.07, 6.45) is 2.11. The van der Waals surface area contributed by atoms with Gasteiger partial charge in [0.05, 0.1) is 22.5 Å². The number of carbonyl (C=O) groups excluding carboxylic acids is 1. The molecule has 1 N–H and O–H groups in total. The Balaban J connectivity index is 1.34. The van der Waals surface area contributed by atoms with E-state index in [1.165, 1.54) is 0 Å². The zero-order valence-electron chi connectivity index (χ0n) is 14.4. The molecule has 1 aromatic heterocycles. The van der Waals surface area contributed by atoms with E-state index >= 15 is 0 Å². The Morgan fingerprint density at radius 1 is 1.32 bits per heavy atom. The third kappa shape index (κ3) is 3.05. The van der Waals surface area contributed by atoms with Gasteiger partial charge in [-0.25, -0.2) is 13.4 Å². The van der Waals surface area contributed by atoms with Gasteiger partial charge in [0.15, 0.2) is 0 Å². The molecule has 0 radical (unpaired) electrons. The molecule has 1 aromatic carbocycles. The monoisotopic (exact) mass is 361 g/mol. The highest BCUT2D eigenvalue weighted by molar-refractivity contribution is 7.91. The molecule has 2 aliphatic rings. The summed E-state index contributed by atoms with van der Waals surface area (Å²) in [5, 5.41) is 3.03. The lowest BCUT2D eigenvalue weighted by atomic mass is 9.96. The smallest absolute Gasteiger partial charge is 0.223 e. The van der Waals surface area contributed by atoms with Crippen molar-refractivity contribution in [2.24, 2.45) is 11.3 Å². The van der Waals surface area contributed by atoms with Gasteiger partial charge in [-0.2, -0.15) is 0 Å². The van der Waals surface area contributed by atoms with Crippen LogP contribution in [0.1, 0.15) is 25.1 Å². The largest absolute Gasteiger partial charge is 0.354 e. The predicted molar refractivity (Wildman–Crippen MR) is 95.9 cm³/mol. The van der Waals surface area contributed by atoms with Gasteiger partial charge in [0.2, 0.25) is 5.91 Å². The molecule has 4 rings (SSSR count). The summed E-state index contributed by atoms with van der Waals surface area (Å²) < 4.78 is 25.3. The second kappa shape index (κ2) is 5.83. The van der Waals surface area contributed by atoms with Crippen LogP contribution in [0, 0.1) is 18.3 Å². The van der Waals surface area contributed by atoms with Crippen molar-refractivity contribution < 1.29 is 13.2 Å². The van der Waals surface area contributed by atoms with E-state index < -0.39 is 9.84 Å². The number of amides is 1. The molecule has 134 valence electrons. The van der Waals surface area contributed by atoms with Crippen LogP contribution >= 0.6 is 0 Å². The van der Waals surface area contributed by atoms with Gasteiger partial charge in [-0.05, 0) is 43.7 Å². The number of imidazole rings is 1. The summed E-state index contributed by atoms with van der Waals surface area (Å²) in [7, 11) is -2.88. The summed E-state index contributed by atoms with van der Waals surface area (Å²) in [5.41, 5.74) is 2.00. The number of aryl methyl sites for hydroxylation is 1. The molecule has 1 saturated carbocycles. The maximum Gasteiger partial charge on any atom is 0.223 e. The van der Waals surface area contributed by atoms with Gasteiger partial charge in [0.1, 0.15) is 15.7 Å². The Morgan fingerprint density at radius 2 is 2.04 bits per heavy atom. The number of nitrogens with one attached hydrogen (secondary N) is 1. The number of fused-ring (bicyclic) bond motifs is 1. The molecule has 1 aliphatic heterocycles. The van der Waals surface area contributed by atoms with E-state index in [9.17, 15) is 13.2 Å². The van der Waals surface area contributed by atoms with Crippen molar-refractivity contribution in [3.63, 3.8) is 0 Å². The number of carbonyl (C=O) groups is 1. The van der Waals surface area contributed by atoms with Crippen molar-refractivity contribution in [3.8, 4) is 0 Å². The number of sulfone groups is 1. The van der Waals surface area contributed by atoms with Crippen molar-refractivity contribution in [3.05, 3.63) is 30.1 Å². The molecule has 6 nitrogen and oxygen atoms in total. The van der Waals surface area contributed by atoms with E-state index in [0.717, 1.165) is 23.3 Å². The molecule has 2 fully saturated rings. The first-order chi connectivity index (χ1) is 11.9. The summed E-state index contributed by atoms with van der Waals surface area (Å²) in [5.74, 6) is 1.47. The van der Waals surface area contributed by atoms with Crippen LogP contribution in [0.3, 0.4) is 0 Å². The van der Waals surface area contributed by atoms with E-state index in [1.54, 1.807) is 0 Å². The minimum Gasteiger partial charge on any atom is -0.354 e. The summed E-state index contributed by atoms with van der Waals surface area (Å²) in [6, 6.07) is 7.99. The third-order valence-corrected chi connectivity index (χ3v) is 7.46. The number of nitrogens with zero attached hydrogens (tertiary/aromatic N) is 2. The van der Waals surface area contributed by atoms with Crippen LogP contribution in [-0.4, -0.2) is 41.9 Å². The molecule has 2 aromatic rings. The van der Waals surface area contributed by atoms with Gasteiger partial charge in [-0.3, -0.25) is 4.79 Å². The molecule has 25 heavy (non-hydrogen) atoms. The van der Waals surface area contributed by atoms with Crippen LogP contribution in [0.15, 0.2) is 24.3 Å². The van der Waals surface area contributed by atoms with E-state index in [4.69, 9.17) is 0 Å². The molecule has 1 unspecified atom stereocenters. The number of rotatable bonds is 4. The molecule has 1 aliphatic carbocycles. The zero-order chi connectivity index (χ0) is 17.7. The first-order valence-corrected chi connectivity index (χ1v) is 10.6. The number of para-hydroxylation sites is 2. The van der Waals surface area contributed by atoms with Gasteiger partial charge in [-0.15, -0.1) is 0 Å². The van der Waals surface area contributed by atoms with Crippen molar-refractivity contribution >= 4 is 26.8 Å². The number of aromatic nitrogens is 2. The molecule has 0 bridgehead atoms. The van der Waals surface area contributed by atoms with Crippen LogP contribution in [-0.2, 0) is 21.2 Å². The predicted octanol–water partition coefficient (Wildman–Crippen LogP) is 1.68. The third-order valence-electron chi connectivity index (χ3n) is 5.81. The minimum atomic E-state index is -2.88. The van der Waals surface area contributed by atoms with Crippen molar-refractivity contribution in [1.82, 2.24) is 14.9 Å². The summed E-state index contributed by atoms with van der Waals surface area (Å²) in [6.45, 7) is 3.22. The van der Waals surface area contributed by atoms with E-state index in [0.29, 0.717) is 25.9 Å². The standard InChI is InChI=1S/C18H23N3O3S/c1-13-20-15-4-2-3-5-16(15)21(13)9-8-19-17(22)14-12-18(14)6-10-25(23,24)11-7-18/h2-5,14H,6-12H2,1H3,(H,19,22). The molecular formula is C18H23N3O3S. The molecule has 1 saturated heterocycles. The highest BCUT2D eigenvalue weighted by atomic mass is 32.2. The first-order valence-electron chi connectivity index (χ1n) is 8.80. The molecule has 1 amide bonds.